The summed E-state index contributed by atoms with van der Waals surface area (Å²) in [4.78, 5) is 15.9. The molecule has 4 aliphatic rings. The molecule has 152 valence electrons. The molecule has 29 heavy (non-hydrogen) atoms. The molecule has 6 nitrogen and oxygen atoms in total. The second-order valence-electron chi connectivity index (χ2n) is 10.2. The van der Waals surface area contributed by atoms with Gasteiger partial charge in [0.15, 0.2) is 17.6 Å². The maximum Gasteiger partial charge on any atom is 0.206 e. The standard InChI is InChI=1S/C23H26N2O4/c1-21(2,3)25-10-13-14(11-25)23(28)16-9-12-5-6-15(26)19-17(12)22(23,7-8-24(16)4)20(29-19)18(13)27/h5-6,10-11,16,20,26,28H,7-9H2,1-4H3/t16?,20-,22-,23+/m0/s1. The van der Waals surface area contributed by atoms with Crippen molar-refractivity contribution in [3.05, 3.63) is 46.8 Å². The van der Waals surface area contributed by atoms with Crippen LogP contribution in [-0.4, -0.2) is 51.2 Å². The summed E-state index contributed by atoms with van der Waals surface area (Å²) in [6.45, 7) is 7.02. The maximum atomic E-state index is 13.7. The van der Waals surface area contributed by atoms with E-state index in [0.29, 0.717) is 29.7 Å². The highest BCUT2D eigenvalue weighted by atomic mass is 16.5. The van der Waals surface area contributed by atoms with Crippen LogP contribution >= 0.6 is 0 Å². The number of carbonyl (C=O) groups is 1. The first-order chi connectivity index (χ1) is 13.6. The summed E-state index contributed by atoms with van der Waals surface area (Å²) in [6.07, 6.45) is 4.27. The molecule has 1 aromatic carbocycles. The Bertz CT molecular complexity index is 1100. The number of likely N-dealkylation sites (tertiary alicyclic amines) is 1. The molecule has 2 bridgehead atoms. The predicted octanol–water partition coefficient (Wildman–Crippen LogP) is 2.29. The number of aromatic nitrogens is 1. The molecule has 1 saturated heterocycles. The van der Waals surface area contributed by atoms with Crippen LogP contribution in [0.1, 0.15) is 54.2 Å². The fourth-order valence-electron chi connectivity index (χ4n) is 6.39. The molecular weight excluding hydrogens is 368 g/mol. The molecule has 6 rings (SSSR count). The van der Waals surface area contributed by atoms with Crippen molar-refractivity contribution in [2.24, 2.45) is 0 Å². The van der Waals surface area contributed by atoms with Crippen molar-refractivity contribution in [2.75, 3.05) is 13.6 Å². The minimum absolute atomic E-state index is 0.0458. The van der Waals surface area contributed by atoms with Gasteiger partial charge in [0.05, 0.1) is 5.41 Å². The number of likely N-dealkylation sites (N-methyl/N-ethyl adjacent to an activating group) is 1. The van der Waals surface area contributed by atoms with Gasteiger partial charge in [0, 0.05) is 40.7 Å². The minimum atomic E-state index is -1.25. The second kappa shape index (κ2) is 4.87. The maximum absolute atomic E-state index is 13.7. The van der Waals surface area contributed by atoms with Gasteiger partial charge in [-0.3, -0.25) is 9.69 Å². The van der Waals surface area contributed by atoms with Gasteiger partial charge in [-0.05, 0) is 58.8 Å². The number of phenolic OH excluding ortho intramolecular Hbond substituents is 1. The van der Waals surface area contributed by atoms with Gasteiger partial charge in [0.25, 0.3) is 0 Å². The van der Waals surface area contributed by atoms with E-state index in [4.69, 9.17) is 4.74 Å². The van der Waals surface area contributed by atoms with Gasteiger partial charge in [-0.15, -0.1) is 0 Å². The van der Waals surface area contributed by atoms with Crippen LogP contribution in [0.4, 0.5) is 0 Å². The Morgan fingerprint density at radius 3 is 2.72 bits per heavy atom. The molecule has 1 aromatic heterocycles. The number of ketones is 1. The number of aliphatic hydroxyl groups is 1. The zero-order chi connectivity index (χ0) is 20.5. The summed E-state index contributed by atoms with van der Waals surface area (Å²) in [5.74, 6) is 0.333. The lowest BCUT2D eigenvalue weighted by molar-refractivity contribution is -0.164. The molecule has 0 amide bonds. The van der Waals surface area contributed by atoms with Crippen molar-refractivity contribution in [2.45, 2.75) is 62.3 Å². The molecule has 2 N–H and O–H groups in total. The Morgan fingerprint density at radius 1 is 1.24 bits per heavy atom. The highest BCUT2D eigenvalue weighted by Crippen LogP contribution is 2.67. The Morgan fingerprint density at radius 2 is 2.00 bits per heavy atom. The first-order valence-electron chi connectivity index (χ1n) is 10.3. The molecule has 1 unspecified atom stereocenters. The number of carbonyl (C=O) groups excluding carboxylic acids is 1. The smallest absolute Gasteiger partial charge is 0.206 e. The van der Waals surface area contributed by atoms with Gasteiger partial charge < -0.3 is 19.5 Å². The van der Waals surface area contributed by atoms with E-state index in [9.17, 15) is 15.0 Å². The quantitative estimate of drug-likeness (QED) is 0.717. The summed E-state index contributed by atoms with van der Waals surface area (Å²) >= 11 is 0. The van der Waals surface area contributed by atoms with Crippen LogP contribution in [0.25, 0.3) is 0 Å². The Balaban J connectivity index is 1.73. The van der Waals surface area contributed by atoms with Gasteiger partial charge in [0.2, 0.25) is 5.78 Å². The van der Waals surface area contributed by atoms with E-state index in [1.807, 2.05) is 30.1 Å². The number of hydrogen-bond acceptors (Lipinski definition) is 5. The van der Waals surface area contributed by atoms with E-state index in [0.717, 1.165) is 17.7 Å². The Labute approximate surface area is 169 Å². The van der Waals surface area contributed by atoms with Crippen molar-refractivity contribution in [3.63, 3.8) is 0 Å². The van der Waals surface area contributed by atoms with E-state index in [1.54, 1.807) is 6.07 Å². The molecule has 0 radical (unpaired) electrons. The molecule has 1 fully saturated rings. The molecule has 2 aromatic rings. The monoisotopic (exact) mass is 394 g/mol. The van der Waals surface area contributed by atoms with Crippen LogP contribution in [0, 0.1) is 0 Å². The van der Waals surface area contributed by atoms with Crippen molar-refractivity contribution in [3.8, 4) is 11.5 Å². The third kappa shape index (κ3) is 1.71. The summed E-state index contributed by atoms with van der Waals surface area (Å²) in [5.41, 5.74) is 0.828. The molecule has 2 aliphatic heterocycles. The summed E-state index contributed by atoms with van der Waals surface area (Å²) in [5, 5.41) is 23.1. The number of piperidine rings is 1. The first kappa shape index (κ1) is 17.5. The number of fused-ring (bicyclic) bond motifs is 1. The second-order valence-corrected chi connectivity index (χ2v) is 10.2. The van der Waals surface area contributed by atoms with Crippen LogP contribution in [0.2, 0.25) is 0 Å². The molecule has 6 heteroatoms. The van der Waals surface area contributed by atoms with E-state index < -0.39 is 17.1 Å². The van der Waals surface area contributed by atoms with Gasteiger partial charge in [0.1, 0.15) is 5.60 Å². The SMILES string of the molecule is CN1CC[C@]23c4c5ccc(O)c4O[C@H]2C(=O)c2cn(C(C)(C)C)cc2[C@@]3(O)C1C5. The Hall–Kier alpha value is -2.31. The number of ether oxygens (including phenoxy) is 1. The van der Waals surface area contributed by atoms with Crippen LogP contribution in [0.15, 0.2) is 24.5 Å². The normalized spacial score (nSPS) is 34.6. The predicted molar refractivity (Wildman–Crippen MR) is 107 cm³/mol. The van der Waals surface area contributed by atoms with Crippen LogP contribution in [0.5, 0.6) is 11.5 Å². The van der Waals surface area contributed by atoms with Gasteiger partial charge in [-0.1, -0.05) is 6.07 Å². The Kier molecular flexibility index (Phi) is 2.95. The number of benzene rings is 1. The molecule has 4 atom stereocenters. The summed E-state index contributed by atoms with van der Waals surface area (Å²) < 4.78 is 8.21. The average molecular weight is 394 g/mol. The summed E-state index contributed by atoms with van der Waals surface area (Å²) in [6, 6.07) is 3.41. The lowest BCUT2D eigenvalue weighted by atomic mass is 9.48. The van der Waals surface area contributed by atoms with Gasteiger partial charge in [-0.2, -0.15) is 0 Å². The fourth-order valence-corrected chi connectivity index (χ4v) is 6.39. The molecule has 0 saturated carbocycles. The zero-order valence-corrected chi connectivity index (χ0v) is 17.2. The number of aromatic hydroxyl groups is 1. The lowest BCUT2D eigenvalue weighted by Gasteiger charge is -2.61. The molecule has 1 spiro atoms. The third-order valence-corrected chi connectivity index (χ3v) is 7.83. The average Bonchev–Trinajstić information content (AvgIpc) is 3.24. The van der Waals surface area contributed by atoms with Crippen molar-refractivity contribution in [1.82, 2.24) is 9.47 Å². The van der Waals surface area contributed by atoms with E-state index >= 15 is 0 Å². The lowest BCUT2D eigenvalue weighted by Crippen LogP contribution is -2.74. The first-order valence-corrected chi connectivity index (χ1v) is 10.3. The van der Waals surface area contributed by atoms with E-state index in [2.05, 4.69) is 25.7 Å². The van der Waals surface area contributed by atoms with E-state index in [1.165, 1.54) is 0 Å². The van der Waals surface area contributed by atoms with Crippen LogP contribution < -0.4 is 4.74 Å². The van der Waals surface area contributed by atoms with Crippen molar-refractivity contribution in [1.29, 1.82) is 0 Å². The topological polar surface area (TPSA) is 74.9 Å². The van der Waals surface area contributed by atoms with E-state index in [-0.39, 0.29) is 23.1 Å². The molecular formula is C23H26N2O4. The number of rotatable bonds is 0. The highest BCUT2D eigenvalue weighted by Gasteiger charge is 2.74. The highest BCUT2D eigenvalue weighted by molar-refractivity contribution is 6.05. The van der Waals surface area contributed by atoms with Gasteiger partial charge >= 0.3 is 0 Å². The van der Waals surface area contributed by atoms with Gasteiger partial charge in [-0.25, -0.2) is 0 Å². The number of hydrogen-bond donors (Lipinski definition) is 2. The molecule has 2 aliphatic carbocycles. The van der Waals surface area contributed by atoms with Crippen LogP contribution in [-0.2, 0) is 23.0 Å². The third-order valence-electron chi connectivity index (χ3n) is 7.83. The number of phenols is 1. The number of nitrogens with zero attached hydrogens (tertiary/aromatic N) is 2. The van der Waals surface area contributed by atoms with Crippen LogP contribution in [0.3, 0.4) is 0 Å². The zero-order valence-electron chi connectivity index (χ0n) is 17.2. The fraction of sp³-hybridized carbons (Fsp3) is 0.522. The van der Waals surface area contributed by atoms with Crippen molar-refractivity contribution >= 4 is 5.78 Å². The minimum Gasteiger partial charge on any atom is -0.504 e. The number of Topliss-reactive ketones (excluding diaryl/α,β-unsaturated/α-hetero) is 1. The summed E-state index contributed by atoms with van der Waals surface area (Å²) in [7, 11) is 2.05. The largest absolute Gasteiger partial charge is 0.504 e. The molecule has 3 heterocycles. The van der Waals surface area contributed by atoms with Crippen molar-refractivity contribution < 1.29 is 19.7 Å².